The van der Waals surface area contributed by atoms with Crippen LogP contribution < -0.4 is 44.6 Å². The molecule has 0 aromatic heterocycles. The largest absolute Gasteiger partial charge is 0.330 e. The van der Waals surface area contributed by atoms with E-state index in [1.54, 1.807) is 0 Å². The summed E-state index contributed by atoms with van der Waals surface area (Å²) in [5.74, 6) is 0. The van der Waals surface area contributed by atoms with Gasteiger partial charge >= 0.3 is 0 Å². The first-order valence-corrected chi connectivity index (χ1v) is 19.8. The molecule has 356 valence electrons. The molecule has 0 saturated heterocycles. The minimum atomic E-state index is 0. The molecule has 0 spiro atoms. The Bertz CT molecular complexity index is 1410. The van der Waals surface area contributed by atoms with Gasteiger partial charge < -0.3 is 44.6 Å². The Hall–Kier alpha value is -1.76. The minimum absolute atomic E-state index is 0. The van der Waals surface area contributed by atoms with Crippen molar-refractivity contribution in [3.8, 4) is 0 Å². The Morgan fingerprint density at radius 3 is 1.00 bits per heavy atom. The van der Waals surface area contributed by atoms with Gasteiger partial charge in [0, 0.05) is 78.5 Å². The average molecular weight is 926 g/mol. The first-order valence-electron chi connectivity index (χ1n) is 19.8. The van der Waals surface area contributed by atoms with Crippen LogP contribution in [0.2, 0.25) is 0 Å². The van der Waals surface area contributed by atoms with E-state index in [9.17, 15) is 0 Å². The standard InChI is InChI=1S/C14H26N4.C13H22N2.C10H16N2.C8H11N.3CH4.4H3P/c1-13-2-4-14(5-3-13)12-17-8-11-18(9-6-15)10-7-16;1-12-5-7-13(8-6-12)11-15-10-4-2-3-9-14;1-9-2-4-10(5-3-9)8-12-7-6-11;1-7-2-4-8(6-9)5-3-7;;;;;;;/h2-5,17H,6-12,15-16H2,1H3;5-8,15H,2-4,9-11,14H2,1H3;2-5,12H,6-8,11H2,1H3;2-5H,6,9H2,1H3;3*1H4;4*1H3. The van der Waals surface area contributed by atoms with Gasteiger partial charge in [-0.3, -0.25) is 4.90 Å². The van der Waals surface area contributed by atoms with E-state index in [0.717, 1.165) is 71.9 Å². The summed E-state index contributed by atoms with van der Waals surface area (Å²) < 4.78 is 0. The van der Waals surface area contributed by atoms with Gasteiger partial charge in [0.25, 0.3) is 0 Å². The molecule has 13 heteroatoms. The Morgan fingerprint density at radius 2 is 0.689 bits per heavy atom. The number of nitrogens with two attached hydrogens (primary N) is 5. The van der Waals surface area contributed by atoms with E-state index in [1.165, 1.54) is 57.3 Å². The molecule has 0 fully saturated rings. The average Bonchev–Trinajstić information content (AvgIpc) is 3.18. The molecule has 0 aliphatic heterocycles. The summed E-state index contributed by atoms with van der Waals surface area (Å²) in [5.41, 5.74) is 37.7. The monoisotopic (exact) mass is 926 g/mol. The highest BCUT2D eigenvalue weighted by molar-refractivity contribution is 6.92. The molecular formula is C48H99N9P4. The molecule has 4 rings (SSSR count). The molecule has 61 heavy (non-hydrogen) atoms. The van der Waals surface area contributed by atoms with Crippen LogP contribution in [0.25, 0.3) is 0 Å². The first-order chi connectivity index (χ1) is 26.2. The van der Waals surface area contributed by atoms with Gasteiger partial charge in [-0.25, -0.2) is 0 Å². The molecule has 13 N–H and O–H groups in total. The maximum absolute atomic E-state index is 5.57. The van der Waals surface area contributed by atoms with Crippen LogP contribution in [-0.2, 0) is 26.2 Å². The van der Waals surface area contributed by atoms with E-state index in [-0.39, 0.29) is 61.9 Å². The lowest BCUT2D eigenvalue weighted by Crippen LogP contribution is -2.38. The van der Waals surface area contributed by atoms with Crippen LogP contribution in [0.1, 0.15) is 86.1 Å². The number of hydrogen-bond donors (Lipinski definition) is 8. The fraction of sp³-hybridized carbons (Fsp3) is 0.500. The molecule has 4 aromatic carbocycles. The van der Waals surface area contributed by atoms with Crippen molar-refractivity contribution < 1.29 is 0 Å². The Kier molecular flexibility index (Phi) is 61.4. The number of hydrogen-bond acceptors (Lipinski definition) is 9. The highest BCUT2D eigenvalue weighted by Gasteiger charge is 2.02. The quantitative estimate of drug-likeness (QED) is 0.0320. The molecule has 4 unspecified atom stereocenters. The van der Waals surface area contributed by atoms with E-state index in [4.69, 9.17) is 28.7 Å². The third-order valence-electron chi connectivity index (χ3n) is 8.58. The maximum Gasteiger partial charge on any atom is 0.0206 e. The fourth-order valence-electron chi connectivity index (χ4n) is 5.15. The van der Waals surface area contributed by atoms with Crippen LogP contribution in [0.5, 0.6) is 0 Å². The van der Waals surface area contributed by atoms with Gasteiger partial charge in [0.15, 0.2) is 0 Å². The Balaban J connectivity index is -0.000000126. The van der Waals surface area contributed by atoms with Crippen LogP contribution in [-0.4, -0.2) is 70.3 Å². The molecule has 0 aliphatic rings. The van der Waals surface area contributed by atoms with Crippen molar-refractivity contribution in [1.29, 1.82) is 0 Å². The van der Waals surface area contributed by atoms with Crippen LogP contribution in [0, 0.1) is 27.7 Å². The molecular weight excluding hydrogens is 826 g/mol. The SMILES string of the molecule is C.C.C.Cc1ccc(CN)cc1.Cc1ccc(CNCCCCCN)cc1.Cc1ccc(CNCCN(CCN)CCN)cc1.Cc1ccc(CNCCN)cc1.P.P.P.P. The predicted octanol–water partition coefficient (Wildman–Crippen LogP) is 7.16. The van der Waals surface area contributed by atoms with Gasteiger partial charge in [-0.2, -0.15) is 39.6 Å². The van der Waals surface area contributed by atoms with Crippen molar-refractivity contribution in [3.63, 3.8) is 0 Å². The minimum Gasteiger partial charge on any atom is -0.330 e. The molecule has 0 aliphatic carbocycles. The van der Waals surface area contributed by atoms with Crippen LogP contribution in [0.3, 0.4) is 0 Å². The lowest BCUT2D eigenvalue weighted by Gasteiger charge is -2.20. The maximum atomic E-state index is 5.57. The smallest absolute Gasteiger partial charge is 0.0206 e. The summed E-state index contributed by atoms with van der Waals surface area (Å²) in [4.78, 5) is 2.29. The van der Waals surface area contributed by atoms with Crippen molar-refractivity contribution in [2.75, 3.05) is 65.4 Å². The normalized spacial score (nSPS) is 9.28. The third kappa shape index (κ3) is 42.0. The van der Waals surface area contributed by atoms with Crippen LogP contribution in [0.4, 0.5) is 0 Å². The number of benzene rings is 4. The van der Waals surface area contributed by atoms with Crippen LogP contribution >= 0.6 is 39.6 Å². The van der Waals surface area contributed by atoms with Crippen molar-refractivity contribution in [2.45, 2.75) is 95.4 Å². The summed E-state index contributed by atoms with van der Waals surface area (Å²) in [6, 6.07) is 34.1. The molecule has 0 bridgehead atoms. The first kappa shape index (κ1) is 73.6. The van der Waals surface area contributed by atoms with Crippen molar-refractivity contribution in [3.05, 3.63) is 142 Å². The predicted molar refractivity (Wildman–Crippen MR) is 299 cm³/mol. The zero-order valence-electron chi connectivity index (χ0n) is 36.9. The van der Waals surface area contributed by atoms with E-state index in [2.05, 4.69) is 146 Å². The number of nitrogens with one attached hydrogen (secondary N) is 3. The Labute approximate surface area is 390 Å². The van der Waals surface area contributed by atoms with Crippen LogP contribution in [0.15, 0.2) is 97.1 Å². The molecule has 0 saturated carbocycles. The second kappa shape index (κ2) is 50.9. The molecule has 0 amide bonds. The molecule has 9 nitrogen and oxygen atoms in total. The second-order valence-electron chi connectivity index (χ2n) is 13.7. The summed E-state index contributed by atoms with van der Waals surface area (Å²) in [6.07, 6.45) is 3.60. The summed E-state index contributed by atoms with van der Waals surface area (Å²) in [7, 11) is 0. The van der Waals surface area contributed by atoms with E-state index < -0.39 is 0 Å². The summed E-state index contributed by atoms with van der Waals surface area (Å²) >= 11 is 0. The lowest BCUT2D eigenvalue weighted by molar-refractivity contribution is 0.287. The molecule has 4 atom stereocenters. The lowest BCUT2D eigenvalue weighted by atomic mass is 10.1. The number of aryl methyl sites for hydroxylation is 4. The molecule has 0 heterocycles. The second-order valence-corrected chi connectivity index (χ2v) is 13.7. The fourth-order valence-corrected chi connectivity index (χ4v) is 5.15. The number of unbranched alkanes of at least 4 members (excludes halogenated alkanes) is 2. The van der Waals surface area contributed by atoms with Gasteiger partial charge in [0.2, 0.25) is 0 Å². The van der Waals surface area contributed by atoms with E-state index in [0.29, 0.717) is 26.2 Å². The van der Waals surface area contributed by atoms with Gasteiger partial charge in [0.05, 0.1) is 0 Å². The molecule has 0 radical (unpaired) electrons. The van der Waals surface area contributed by atoms with Crippen molar-refractivity contribution >= 4 is 39.6 Å². The number of nitrogens with zero attached hydrogens (tertiary/aromatic N) is 1. The zero-order valence-corrected chi connectivity index (χ0v) is 42.6. The van der Waals surface area contributed by atoms with E-state index in [1.807, 2.05) is 0 Å². The van der Waals surface area contributed by atoms with E-state index >= 15 is 0 Å². The summed E-state index contributed by atoms with van der Waals surface area (Å²) in [6.45, 7) is 20.5. The summed E-state index contributed by atoms with van der Waals surface area (Å²) in [5, 5.41) is 10.1. The van der Waals surface area contributed by atoms with Gasteiger partial charge in [-0.15, -0.1) is 0 Å². The zero-order chi connectivity index (χ0) is 39.7. The van der Waals surface area contributed by atoms with Gasteiger partial charge in [0.1, 0.15) is 0 Å². The Morgan fingerprint density at radius 1 is 0.361 bits per heavy atom. The third-order valence-corrected chi connectivity index (χ3v) is 8.58. The van der Waals surface area contributed by atoms with Gasteiger partial charge in [-0.1, -0.05) is 148 Å². The highest BCUT2D eigenvalue weighted by Crippen LogP contribution is 2.04. The van der Waals surface area contributed by atoms with Gasteiger partial charge in [-0.05, 0) is 75.9 Å². The molecule has 4 aromatic rings. The van der Waals surface area contributed by atoms with Crippen molar-refractivity contribution in [2.24, 2.45) is 28.7 Å². The van der Waals surface area contributed by atoms with Crippen molar-refractivity contribution in [1.82, 2.24) is 20.9 Å². The topological polar surface area (TPSA) is 169 Å². The number of rotatable bonds is 21. The highest BCUT2D eigenvalue weighted by atomic mass is 31.0.